The molecule has 3 rings (SSSR count). The number of carbonyl (C=O) groups excluding carboxylic acids is 1. The number of aromatic amines is 1. The number of esters is 1. The van der Waals surface area contributed by atoms with E-state index in [-0.39, 0.29) is 12.3 Å². The van der Waals surface area contributed by atoms with Gasteiger partial charge in [0.25, 0.3) is 5.69 Å². The fourth-order valence-electron chi connectivity index (χ4n) is 2.63. The van der Waals surface area contributed by atoms with Gasteiger partial charge in [0.2, 0.25) is 0 Å². The smallest absolute Gasteiger partial charge is 0.340 e. The number of aromatic nitrogens is 2. The zero-order chi connectivity index (χ0) is 17.3. The average Bonchev–Trinajstić information content (AvgIpc) is 2.98. The molecule has 0 aliphatic rings. The van der Waals surface area contributed by atoms with Crippen LogP contribution in [0.3, 0.4) is 0 Å². The fourth-order valence-corrected chi connectivity index (χ4v) is 2.63. The lowest BCUT2D eigenvalue weighted by Crippen LogP contribution is -2.05. The van der Waals surface area contributed by atoms with Crippen molar-refractivity contribution in [2.45, 2.75) is 13.8 Å². The van der Waals surface area contributed by atoms with Gasteiger partial charge in [-0.05, 0) is 32.0 Å². The minimum absolute atomic E-state index is 0.00533. The summed E-state index contributed by atoms with van der Waals surface area (Å²) < 4.78 is 5.03. The zero-order valence-corrected chi connectivity index (χ0v) is 13.2. The van der Waals surface area contributed by atoms with Gasteiger partial charge in [0.15, 0.2) is 0 Å². The van der Waals surface area contributed by atoms with Crippen LogP contribution in [-0.2, 0) is 4.74 Å². The maximum absolute atomic E-state index is 12.0. The number of nitro groups is 1. The van der Waals surface area contributed by atoms with Gasteiger partial charge in [-0.15, -0.1) is 0 Å². The van der Waals surface area contributed by atoms with Crippen LogP contribution in [0.2, 0.25) is 0 Å². The molecule has 7 nitrogen and oxygen atoms in total. The Bertz CT molecular complexity index is 946. The minimum Gasteiger partial charge on any atom is -0.462 e. The molecule has 7 heteroatoms. The molecule has 1 heterocycles. The van der Waals surface area contributed by atoms with Crippen molar-refractivity contribution in [3.8, 4) is 11.4 Å². The van der Waals surface area contributed by atoms with Gasteiger partial charge in [-0.1, -0.05) is 18.2 Å². The highest BCUT2D eigenvalue weighted by atomic mass is 16.6. The van der Waals surface area contributed by atoms with Crippen molar-refractivity contribution in [1.82, 2.24) is 9.97 Å². The lowest BCUT2D eigenvalue weighted by Gasteiger charge is -2.02. The Balaban J connectivity index is 2.20. The molecular weight excluding hydrogens is 310 g/mol. The Morgan fingerprint density at radius 1 is 1.29 bits per heavy atom. The summed E-state index contributed by atoms with van der Waals surface area (Å²) in [7, 11) is 0. The molecule has 2 aromatic carbocycles. The van der Waals surface area contributed by atoms with Crippen molar-refractivity contribution in [2.75, 3.05) is 6.61 Å². The molecule has 0 fully saturated rings. The highest BCUT2D eigenvalue weighted by Crippen LogP contribution is 2.32. The molecule has 0 radical (unpaired) electrons. The van der Waals surface area contributed by atoms with E-state index in [4.69, 9.17) is 4.74 Å². The van der Waals surface area contributed by atoms with Crippen LogP contribution in [0.5, 0.6) is 0 Å². The topological polar surface area (TPSA) is 98.1 Å². The van der Waals surface area contributed by atoms with Crippen LogP contribution in [0.1, 0.15) is 22.8 Å². The molecule has 1 N–H and O–H groups in total. The van der Waals surface area contributed by atoms with Crippen molar-refractivity contribution in [3.63, 3.8) is 0 Å². The van der Waals surface area contributed by atoms with Crippen molar-refractivity contribution in [1.29, 1.82) is 0 Å². The average molecular weight is 325 g/mol. The lowest BCUT2D eigenvalue weighted by molar-refractivity contribution is -0.384. The standard InChI is InChI=1S/C17H15N3O4/c1-3-24-17(21)11-7-5-9-13-14(11)19-16(18-13)12-8-4-6-10(2)15(12)20(22)23/h4-9H,3H2,1-2H3,(H,18,19). The van der Waals surface area contributed by atoms with Gasteiger partial charge >= 0.3 is 5.97 Å². The summed E-state index contributed by atoms with van der Waals surface area (Å²) in [5, 5.41) is 11.4. The molecule has 122 valence electrons. The summed E-state index contributed by atoms with van der Waals surface area (Å²) >= 11 is 0. The Labute approximate surface area is 137 Å². The van der Waals surface area contributed by atoms with Crippen LogP contribution in [0.25, 0.3) is 22.4 Å². The van der Waals surface area contributed by atoms with Gasteiger partial charge in [0.05, 0.1) is 28.2 Å². The van der Waals surface area contributed by atoms with E-state index in [0.717, 1.165) is 0 Å². The number of para-hydroxylation sites is 2. The number of nitrogens with zero attached hydrogens (tertiary/aromatic N) is 2. The lowest BCUT2D eigenvalue weighted by atomic mass is 10.1. The number of rotatable bonds is 4. The molecule has 1 aromatic heterocycles. The van der Waals surface area contributed by atoms with E-state index >= 15 is 0 Å². The van der Waals surface area contributed by atoms with Gasteiger partial charge < -0.3 is 9.72 Å². The summed E-state index contributed by atoms with van der Waals surface area (Å²) in [5.74, 6) is -0.128. The van der Waals surface area contributed by atoms with Crippen molar-refractivity contribution in [2.24, 2.45) is 0 Å². The van der Waals surface area contributed by atoms with E-state index in [1.807, 2.05) is 0 Å². The number of nitrogens with one attached hydrogen (secondary N) is 1. The first-order valence-corrected chi connectivity index (χ1v) is 7.43. The predicted molar refractivity (Wildman–Crippen MR) is 88.9 cm³/mol. The molecule has 24 heavy (non-hydrogen) atoms. The van der Waals surface area contributed by atoms with Crippen molar-refractivity contribution in [3.05, 3.63) is 57.6 Å². The van der Waals surface area contributed by atoms with Crippen molar-refractivity contribution >= 4 is 22.7 Å². The minimum atomic E-state index is -0.472. The number of hydrogen-bond donors (Lipinski definition) is 1. The van der Waals surface area contributed by atoms with Crippen LogP contribution in [0.15, 0.2) is 36.4 Å². The largest absolute Gasteiger partial charge is 0.462 e. The summed E-state index contributed by atoms with van der Waals surface area (Å²) in [5.41, 5.74) is 2.30. The molecule has 0 saturated heterocycles. The second-order valence-electron chi connectivity index (χ2n) is 5.24. The number of fused-ring (bicyclic) bond motifs is 1. The monoisotopic (exact) mass is 325 g/mol. The number of hydrogen-bond acceptors (Lipinski definition) is 5. The summed E-state index contributed by atoms with van der Waals surface area (Å²) in [6, 6.07) is 10.1. The van der Waals surface area contributed by atoms with Crippen LogP contribution in [-0.4, -0.2) is 27.5 Å². The Hall–Kier alpha value is -3.22. The first-order chi connectivity index (χ1) is 11.5. The molecular formula is C17H15N3O4. The summed E-state index contributed by atoms with van der Waals surface area (Å²) in [6.07, 6.45) is 0. The molecule has 0 atom stereocenters. The normalized spacial score (nSPS) is 10.8. The third-order valence-corrected chi connectivity index (χ3v) is 3.68. The molecule has 0 spiro atoms. The molecule has 0 amide bonds. The second-order valence-corrected chi connectivity index (χ2v) is 5.24. The number of carbonyl (C=O) groups is 1. The van der Waals surface area contributed by atoms with Crippen LogP contribution >= 0.6 is 0 Å². The van der Waals surface area contributed by atoms with E-state index in [1.54, 1.807) is 50.2 Å². The number of H-pyrrole nitrogens is 1. The zero-order valence-electron chi connectivity index (χ0n) is 13.2. The maximum atomic E-state index is 12.0. The van der Waals surface area contributed by atoms with Gasteiger partial charge in [0.1, 0.15) is 11.3 Å². The molecule has 0 bridgehead atoms. The number of ether oxygens (including phenoxy) is 1. The predicted octanol–water partition coefficient (Wildman–Crippen LogP) is 3.62. The van der Waals surface area contributed by atoms with E-state index < -0.39 is 10.9 Å². The number of nitro benzene ring substituents is 1. The highest BCUT2D eigenvalue weighted by Gasteiger charge is 2.22. The summed E-state index contributed by atoms with van der Waals surface area (Å²) in [4.78, 5) is 30.5. The van der Waals surface area contributed by atoms with Gasteiger partial charge in [-0.25, -0.2) is 9.78 Å². The van der Waals surface area contributed by atoms with Gasteiger partial charge in [0, 0.05) is 5.56 Å². The van der Waals surface area contributed by atoms with Crippen LogP contribution in [0, 0.1) is 17.0 Å². The molecule has 0 aliphatic carbocycles. The van der Waals surface area contributed by atoms with Crippen LogP contribution < -0.4 is 0 Å². The Morgan fingerprint density at radius 2 is 2.04 bits per heavy atom. The third-order valence-electron chi connectivity index (χ3n) is 3.68. The highest BCUT2D eigenvalue weighted by molar-refractivity contribution is 6.02. The fraction of sp³-hybridized carbons (Fsp3) is 0.176. The van der Waals surface area contributed by atoms with Gasteiger partial charge in [-0.2, -0.15) is 0 Å². The van der Waals surface area contributed by atoms with Crippen LogP contribution in [0.4, 0.5) is 5.69 Å². The second kappa shape index (κ2) is 6.11. The molecule has 0 aliphatic heterocycles. The number of benzene rings is 2. The van der Waals surface area contributed by atoms with E-state index in [0.29, 0.717) is 33.5 Å². The SMILES string of the molecule is CCOC(=O)c1cccc2[nH]c(-c3cccc(C)c3[N+](=O)[O-])nc12. The maximum Gasteiger partial charge on any atom is 0.340 e. The van der Waals surface area contributed by atoms with E-state index in [1.165, 1.54) is 0 Å². The Kier molecular flexibility index (Phi) is 3.99. The molecule has 3 aromatic rings. The molecule has 0 unspecified atom stereocenters. The third kappa shape index (κ3) is 2.60. The quantitative estimate of drug-likeness (QED) is 0.449. The van der Waals surface area contributed by atoms with E-state index in [9.17, 15) is 14.9 Å². The van der Waals surface area contributed by atoms with Crippen molar-refractivity contribution < 1.29 is 14.5 Å². The number of imidazole rings is 1. The molecule has 0 saturated carbocycles. The van der Waals surface area contributed by atoms with Gasteiger partial charge in [-0.3, -0.25) is 10.1 Å². The number of aryl methyl sites for hydroxylation is 1. The summed E-state index contributed by atoms with van der Waals surface area (Å²) in [6.45, 7) is 3.66. The first-order valence-electron chi connectivity index (χ1n) is 7.43. The van der Waals surface area contributed by atoms with E-state index in [2.05, 4.69) is 9.97 Å². The Morgan fingerprint density at radius 3 is 2.75 bits per heavy atom. The first kappa shape index (κ1) is 15.7.